The van der Waals surface area contributed by atoms with Crippen LogP contribution in [0.2, 0.25) is 5.02 Å². The van der Waals surface area contributed by atoms with E-state index in [-0.39, 0.29) is 5.91 Å². The molecule has 0 aliphatic carbocycles. The summed E-state index contributed by atoms with van der Waals surface area (Å²) in [6, 6.07) is 9.91. The Balaban J connectivity index is 1.65. The minimum Gasteiger partial charge on any atom is -0.337 e. The van der Waals surface area contributed by atoms with Crippen LogP contribution in [0.15, 0.2) is 30.3 Å². The van der Waals surface area contributed by atoms with Gasteiger partial charge in [-0.05, 0) is 61.6 Å². The zero-order chi connectivity index (χ0) is 15.8. The Morgan fingerprint density at radius 2 is 1.78 bits per heavy atom. The van der Waals surface area contributed by atoms with Crippen LogP contribution in [-0.2, 0) is 6.42 Å². The van der Waals surface area contributed by atoms with E-state index in [1.54, 1.807) is 0 Å². The Hall–Kier alpha value is -1.94. The molecule has 1 aromatic heterocycles. The molecule has 1 amide bonds. The summed E-state index contributed by atoms with van der Waals surface area (Å²) in [6.07, 6.45) is 4.33. The Morgan fingerprint density at radius 1 is 1.04 bits per heavy atom. The number of fused-ring (bicyclic) bond motifs is 1. The predicted molar refractivity (Wildman–Crippen MR) is 92.7 cm³/mol. The van der Waals surface area contributed by atoms with E-state index in [1.807, 2.05) is 35.2 Å². The van der Waals surface area contributed by atoms with E-state index in [2.05, 4.69) is 9.88 Å². The molecule has 0 spiro atoms. The molecule has 0 radical (unpaired) electrons. The highest BCUT2D eigenvalue weighted by Crippen LogP contribution is 2.34. The number of aromatic nitrogens is 1. The van der Waals surface area contributed by atoms with Crippen LogP contribution >= 0.6 is 11.6 Å². The zero-order valence-corrected chi connectivity index (χ0v) is 13.8. The number of aromatic amines is 1. The summed E-state index contributed by atoms with van der Waals surface area (Å²) in [5.74, 6) is 1.19. The van der Waals surface area contributed by atoms with Crippen molar-refractivity contribution in [1.82, 2.24) is 9.88 Å². The molecule has 0 unspecified atom stereocenters. The molecule has 1 aromatic carbocycles. The van der Waals surface area contributed by atoms with Gasteiger partial charge in [-0.25, -0.2) is 0 Å². The number of hydrogen-bond acceptors (Lipinski definition) is 2. The second-order valence-corrected chi connectivity index (χ2v) is 6.72. The molecule has 23 heavy (non-hydrogen) atoms. The molecule has 1 N–H and O–H groups in total. The van der Waals surface area contributed by atoms with E-state index in [0.29, 0.717) is 0 Å². The van der Waals surface area contributed by atoms with Crippen LogP contribution in [-0.4, -0.2) is 35.4 Å². The van der Waals surface area contributed by atoms with Crippen molar-refractivity contribution < 1.29 is 4.79 Å². The van der Waals surface area contributed by atoms with E-state index in [1.165, 1.54) is 5.56 Å². The molecule has 0 saturated carbocycles. The molecule has 4 nitrogen and oxygen atoms in total. The fourth-order valence-corrected chi connectivity index (χ4v) is 3.67. The summed E-state index contributed by atoms with van der Waals surface area (Å²) in [5.41, 5.74) is 3.06. The summed E-state index contributed by atoms with van der Waals surface area (Å²) in [5, 5.41) is 0.738. The minimum atomic E-state index is 0.132. The lowest BCUT2D eigenvalue weighted by atomic mass is 10.1. The van der Waals surface area contributed by atoms with E-state index in [9.17, 15) is 4.79 Å². The number of benzene rings is 1. The van der Waals surface area contributed by atoms with Gasteiger partial charge in [0, 0.05) is 30.3 Å². The van der Waals surface area contributed by atoms with Gasteiger partial charge in [-0.3, -0.25) is 4.79 Å². The van der Waals surface area contributed by atoms with Gasteiger partial charge in [0.1, 0.15) is 11.5 Å². The number of rotatable bonds is 2. The summed E-state index contributed by atoms with van der Waals surface area (Å²) >= 11 is 5.99. The second-order valence-electron chi connectivity index (χ2n) is 6.29. The number of carbonyl (C=O) groups is 1. The quantitative estimate of drug-likeness (QED) is 0.905. The fourth-order valence-electron chi connectivity index (χ4n) is 3.54. The maximum atomic E-state index is 12.6. The van der Waals surface area contributed by atoms with Gasteiger partial charge in [0.2, 0.25) is 0 Å². The van der Waals surface area contributed by atoms with Gasteiger partial charge in [0.25, 0.3) is 5.91 Å². The fraction of sp³-hybridized carbons (Fsp3) is 0.389. The lowest BCUT2D eigenvalue weighted by molar-refractivity contribution is 0.0788. The second kappa shape index (κ2) is 5.93. The molecule has 1 saturated heterocycles. The monoisotopic (exact) mass is 329 g/mol. The topological polar surface area (TPSA) is 39.3 Å². The van der Waals surface area contributed by atoms with Crippen molar-refractivity contribution >= 4 is 29.0 Å². The first kappa shape index (κ1) is 14.6. The summed E-state index contributed by atoms with van der Waals surface area (Å²) in [7, 11) is 0. The van der Waals surface area contributed by atoms with Crippen molar-refractivity contribution in [3.05, 3.63) is 46.6 Å². The third kappa shape index (κ3) is 2.72. The van der Waals surface area contributed by atoms with Gasteiger partial charge in [0.15, 0.2) is 0 Å². The Morgan fingerprint density at radius 3 is 2.52 bits per heavy atom. The molecular formula is C18H20ClN3O. The Kier molecular flexibility index (Phi) is 3.77. The molecule has 0 bridgehead atoms. The van der Waals surface area contributed by atoms with Gasteiger partial charge in [-0.2, -0.15) is 0 Å². The standard InChI is InChI=1S/C18H20ClN3O/c19-14-5-7-15(8-6-14)22-11-3-4-13-12-16(20-17(13)22)18(23)21-9-1-2-10-21/h5-8,12,20H,1-4,9-11H2. The number of H-pyrrole nitrogens is 1. The average Bonchev–Trinajstić information content (AvgIpc) is 3.24. The number of likely N-dealkylation sites (tertiary alicyclic amines) is 1. The molecular weight excluding hydrogens is 310 g/mol. The molecule has 4 rings (SSSR count). The van der Waals surface area contributed by atoms with E-state index in [4.69, 9.17) is 11.6 Å². The van der Waals surface area contributed by atoms with Crippen LogP contribution in [0, 0.1) is 0 Å². The predicted octanol–water partition coefficient (Wildman–Crippen LogP) is 3.99. The van der Waals surface area contributed by atoms with Crippen molar-refractivity contribution in [2.24, 2.45) is 0 Å². The maximum absolute atomic E-state index is 12.6. The number of nitrogens with one attached hydrogen (secondary N) is 1. The van der Waals surface area contributed by atoms with Gasteiger partial charge in [-0.1, -0.05) is 11.6 Å². The van der Waals surface area contributed by atoms with Crippen LogP contribution in [0.3, 0.4) is 0 Å². The lowest BCUT2D eigenvalue weighted by Crippen LogP contribution is -2.28. The molecule has 3 heterocycles. The molecule has 5 heteroatoms. The van der Waals surface area contributed by atoms with Crippen molar-refractivity contribution in [3.63, 3.8) is 0 Å². The first-order valence-electron chi connectivity index (χ1n) is 8.26. The van der Waals surface area contributed by atoms with Gasteiger partial charge in [0.05, 0.1) is 0 Å². The number of anilines is 2. The molecule has 2 aliphatic heterocycles. The smallest absolute Gasteiger partial charge is 0.270 e. The van der Waals surface area contributed by atoms with E-state index in [0.717, 1.165) is 67.5 Å². The number of nitrogens with zero attached hydrogens (tertiary/aromatic N) is 2. The molecule has 2 aliphatic rings. The van der Waals surface area contributed by atoms with Crippen LogP contribution in [0.25, 0.3) is 0 Å². The summed E-state index contributed by atoms with van der Waals surface area (Å²) < 4.78 is 0. The van der Waals surface area contributed by atoms with E-state index < -0.39 is 0 Å². The molecule has 120 valence electrons. The number of halogens is 1. The first-order valence-corrected chi connectivity index (χ1v) is 8.64. The van der Waals surface area contributed by atoms with Crippen molar-refractivity contribution in [2.75, 3.05) is 24.5 Å². The summed E-state index contributed by atoms with van der Waals surface area (Å²) in [6.45, 7) is 2.71. The lowest BCUT2D eigenvalue weighted by Gasteiger charge is -2.28. The third-order valence-corrected chi connectivity index (χ3v) is 4.99. The van der Waals surface area contributed by atoms with Gasteiger partial charge >= 0.3 is 0 Å². The van der Waals surface area contributed by atoms with Gasteiger partial charge in [-0.15, -0.1) is 0 Å². The van der Waals surface area contributed by atoms with Crippen molar-refractivity contribution in [3.8, 4) is 0 Å². The van der Waals surface area contributed by atoms with Crippen LogP contribution in [0.4, 0.5) is 11.5 Å². The molecule has 1 fully saturated rings. The normalized spacial score (nSPS) is 17.4. The van der Waals surface area contributed by atoms with Gasteiger partial charge < -0.3 is 14.8 Å². The van der Waals surface area contributed by atoms with Crippen LogP contribution in [0.1, 0.15) is 35.3 Å². The summed E-state index contributed by atoms with van der Waals surface area (Å²) in [4.78, 5) is 20.2. The zero-order valence-electron chi connectivity index (χ0n) is 13.0. The molecule has 2 aromatic rings. The van der Waals surface area contributed by atoms with Crippen LogP contribution in [0.5, 0.6) is 0 Å². The Labute approximate surface area is 141 Å². The van der Waals surface area contributed by atoms with Crippen LogP contribution < -0.4 is 4.90 Å². The largest absolute Gasteiger partial charge is 0.337 e. The van der Waals surface area contributed by atoms with Crippen molar-refractivity contribution in [2.45, 2.75) is 25.7 Å². The minimum absolute atomic E-state index is 0.132. The molecule has 0 atom stereocenters. The highest BCUT2D eigenvalue weighted by molar-refractivity contribution is 6.30. The van der Waals surface area contributed by atoms with Crippen molar-refractivity contribution in [1.29, 1.82) is 0 Å². The SMILES string of the molecule is O=C(c1cc2c([nH]1)N(c1ccc(Cl)cc1)CCC2)N1CCCC1. The highest BCUT2D eigenvalue weighted by atomic mass is 35.5. The number of amides is 1. The first-order chi connectivity index (χ1) is 11.2. The maximum Gasteiger partial charge on any atom is 0.270 e. The van der Waals surface area contributed by atoms with E-state index >= 15 is 0 Å². The Bertz CT molecular complexity index is 716. The number of aryl methyl sites for hydroxylation is 1. The number of hydrogen-bond donors (Lipinski definition) is 1. The average molecular weight is 330 g/mol. The third-order valence-electron chi connectivity index (χ3n) is 4.74. The highest BCUT2D eigenvalue weighted by Gasteiger charge is 2.26. The number of carbonyl (C=O) groups excluding carboxylic acids is 1.